The van der Waals surface area contributed by atoms with Gasteiger partial charge >= 0.3 is 0 Å². The van der Waals surface area contributed by atoms with E-state index in [1.54, 1.807) is 24.3 Å². The minimum Gasteiger partial charge on any atom is -0.489 e. The smallest absolute Gasteiger partial charge is 0.289 e. The fraction of sp³-hybridized carbons (Fsp3) is 0.0800. The lowest BCUT2D eigenvalue weighted by Crippen LogP contribution is -2.18. The second-order valence-corrected chi connectivity index (χ2v) is 8.11. The summed E-state index contributed by atoms with van der Waals surface area (Å²) in [7, 11) is 0. The number of aryl methyl sites for hydroxylation is 1. The van der Waals surface area contributed by atoms with Crippen LogP contribution in [0.4, 0.5) is 0 Å². The zero-order chi connectivity index (χ0) is 23.2. The van der Waals surface area contributed by atoms with Crippen LogP contribution in [-0.4, -0.2) is 22.3 Å². The van der Waals surface area contributed by atoms with E-state index in [-0.39, 0.29) is 5.69 Å². The standard InChI is InChI=1S/C25H20Cl2N4O2/c1-16-5-7-17(8-6-16)15-33-19-11-9-18(10-12-19)23-13-24(30-29-23)25(32)31-28-14-20-21(26)3-2-4-22(20)27/h2-14H,15H2,1H3,(H,29,30)(H,31,32)/b28-14+. The van der Waals surface area contributed by atoms with Crippen LogP contribution in [0.15, 0.2) is 77.9 Å². The number of carbonyl (C=O) groups is 1. The maximum Gasteiger partial charge on any atom is 0.289 e. The fourth-order valence-corrected chi connectivity index (χ4v) is 3.50. The first kappa shape index (κ1) is 22.6. The highest BCUT2D eigenvalue weighted by atomic mass is 35.5. The number of nitrogens with zero attached hydrogens (tertiary/aromatic N) is 2. The van der Waals surface area contributed by atoms with Crippen molar-refractivity contribution in [3.05, 3.63) is 105 Å². The topological polar surface area (TPSA) is 79.4 Å². The van der Waals surface area contributed by atoms with Gasteiger partial charge in [-0.2, -0.15) is 10.2 Å². The molecule has 0 aliphatic heterocycles. The molecule has 8 heteroatoms. The summed E-state index contributed by atoms with van der Waals surface area (Å²) < 4.78 is 5.84. The van der Waals surface area contributed by atoms with E-state index in [1.165, 1.54) is 11.8 Å². The Balaban J connectivity index is 1.35. The van der Waals surface area contributed by atoms with Crippen molar-refractivity contribution in [3.8, 4) is 17.0 Å². The molecule has 1 aromatic heterocycles. The Morgan fingerprint density at radius 3 is 2.45 bits per heavy atom. The summed E-state index contributed by atoms with van der Waals surface area (Å²) in [6, 6.07) is 22.5. The molecule has 0 spiro atoms. The number of hydrazone groups is 1. The molecular weight excluding hydrogens is 459 g/mol. The van der Waals surface area contributed by atoms with E-state index >= 15 is 0 Å². The molecule has 166 valence electrons. The lowest BCUT2D eigenvalue weighted by molar-refractivity contribution is 0.0950. The molecular formula is C25H20Cl2N4O2. The Morgan fingerprint density at radius 1 is 1.06 bits per heavy atom. The molecule has 0 bridgehead atoms. The molecule has 1 amide bonds. The van der Waals surface area contributed by atoms with Crippen LogP contribution in [0.1, 0.15) is 27.2 Å². The molecule has 6 nitrogen and oxygen atoms in total. The van der Waals surface area contributed by atoms with Gasteiger partial charge in [0, 0.05) is 11.1 Å². The van der Waals surface area contributed by atoms with Gasteiger partial charge in [0.15, 0.2) is 0 Å². The first-order chi connectivity index (χ1) is 16.0. The number of H-pyrrole nitrogens is 1. The van der Waals surface area contributed by atoms with Crippen molar-refractivity contribution in [3.63, 3.8) is 0 Å². The molecule has 0 atom stereocenters. The number of carbonyl (C=O) groups excluding carboxylic acids is 1. The van der Waals surface area contributed by atoms with Gasteiger partial charge in [0.2, 0.25) is 0 Å². The van der Waals surface area contributed by atoms with Gasteiger partial charge < -0.3 is 4.74 Å². The molecule has 33 heavy (non-hydrogen) atoms. The van der Waals surface area contributed by atoms with Crippen LogP contribution in [-0.2, 0) is 6.61 Å². The second kappa shape index (κ2) is 10.3. The third kappa shape index (κ3) is 5.80. The van der Waals surface area contributed by atoms with Crippen molar-refractivity contribution in [1.29, 1.82) is 0 Å². The van der Waals surface area contributed by atoms with Crippen molar-refractivity contribution >= 4 is 35.3 Å². The highest BCUT2D eigenvalue weighted by molar-refractivity contribution is 6.38. The van der Waals surface area contributed by atoms with Crippen LogP contribution in [0, 0.1) is 6.92 Å². The maximum absolute atomic E-state index is 12.4. The summed E-state index contributed by atoms with van der Waals surface area (Å²) in [5.74, 6) is 0.312. The summed E-state index contributed by atoms with van der Waals surface area (Å²) in [6.45, 7) is 2.55. The number of nitrogens with one attached hydrogen (secondary N) is 2. The number of aromatic amines is 1. The summed E-state index contributed by atoms with van der Waals surface area (Å²) >= 11 is 12.2. The summed E-state index contributed by atoms with van der Waals surface area (Å²) in [6.07, 6.45) is 1.40. The Hall–Kier alpha value is -3.61. The number of amides is 1. The van der Waals surface area contributed by atoms with E-state index in [0.29, 0.717) is 27.9 Å². The quantitative estimate of drug-likeness (QED) is 0.251. The lowest BCUT2D eigenvalue weighted by atomic mass is 10.1. The number of hydrogen-bond acceptors (Lipinski definition) is 4. The molecule has 2 N–H and O–H groups in total. The highest BCUT2D eigenvalue weighted by Gasteiger charge is 2.11. The highest BCUT2D eigenvalue weighted by Crippen LogP contribution is 2.23. The molecule has 4 aromatic rings. The van der Waals surface area contributed by atoms with Crippen LogP contribution in [0.3, 0.4) is 0 Å². The number of ether oxygens (including phenoxy) is 1. The normalized spacial score (nSPS) is 11.0. The van der Waals surface area contributed by atoms with Gasteiger partial charge in [-0.1, -0.05) is 59.1 Å². The SMILES string of the molecule is Cc1ccc(COc2ccc(-c3cc(C(=O)N/N=C/c4c(Cl)cccc4Cl)[nH]n3)cc2)cc1. The molecule has 0 fully saturated rings. The average molecular weight is 479 g/mol. The van der Waals surface area contributed by atoms with Crippen molar-refractivity contribution in [2.75, 3.05) is 0 Å². The third-order valence-corrected chi connectivity index (χ3v) is 5.52. The van der Waals surface area contributed by atoms with Crippen molar-refractivity contribution in [2.45, 2.75) is 13.5 Å². The van der Waals surface area contributed by atoms with Crippen LogP contribution in [0.5, 0.6) is 5.75 Å². The molecule has 0 unspecified atom stereocenters. The van der Waals surface area contributed by atoms with E-state index in [1.807, 2.05) is 36.4 Å². The Kier molecular flexibility index (Phi) is 7.07. The van der Waals surface area contributed by atoms with Gasteiger partial charge in [0.05, 0.1) is 22.0 Å². The summed E-state index contributed by atoms with van der Waals surface area (Å²) in [4.78, 5) is 12.4. The predicted molar refractivity (Wildman–Crippen MR) is 131 cm³/mol. The van der Waals surface area contributed by atoms with E-state index in [2.05, 4.69) is 39.8 Å². The van der Waals surface area contributed by atoms with Crippen molar-refractivity contribution in [1.82, 2.24) is 15.6 Å². The molecule has 0 aliphatic carbocycles. The van der Waals surface area contributed by atoms with Crippen LogP contribution >= 0.6 is 23.2 Å². The van der Waals surface area contributed by atoms with Gasteiger partial charge in [-0.15, -0.1) is 0 Å². The minimum atomic E-state index is -0.439. The van der Waals surface area contributed by atoms with E-state index in [9.17, 15) is 4.79 Å². The third-order valence-electron chi connectivity index (χ3n) is 4.86. The first-order valence-corrected chi connectivity index (χ1v) is 10.9. The number of hydrogen-bond donors (Lipinski definition) is 2. The van der Waals surface area contributed by atoms with Gasteiger partial charge in [-0.25, -0.2) is 5.43 Å². The fourth-order valence-electron chi connectivity index (χ4n) is 3.01. The molecule has 1 heterocycles. The molecule has 0 saturated heterocycles. The number of rotatable bonds is 7. The van der Waals surface area contributed by atoms with Crippen LogP contribution in [0.25, 0.3) is 11.3 Å². The maximum atomic E-state index is 12.4. The summed E-state index contributed by atoms with van der Waals surface area (Å²) in [5, 5.41) is 11.7. The Morgan fingerprint density at radius 2 is 1.76 bits per heavy atom. The van der Waals surface area contributed by atoms with E-state index in [0.717, 1.165) is 16.9 Å². The number of aromatic nitrogens is 2. The largest absolute Gasteiger partial charge is 0.489 e. The molecule has 0 radical (unpaired) electrons. The second-order valence-electron chi connectivity index (χ2n) is 7.30. The molecule has 4 rings (SSSR count). The molecule has 3 aromatic carbocycles. The van der Waals surface area contributed by atoms with Crippen molar-refractivity contribution in [2.24, 2.45) is 5.10 Å². The van der Waals surface area contributed by atoms with Gasteiger partial charge in [-0.05, 0) is 55.0 Å². The lowest BCUT2D eigenvalue weighted by Gasteiger charge is -2.07. The minimum absolute atomic E-state index is 0.270. The predicted octanol–water partition coefficient (Wildman–Crippen LogP) is 6.03. The zero-order valence-corrected chi connectivity index (χ0v) is 19.2. The molecule has 0 aliphatic rings. The zero-order valence-electron chi connectivity index (χ0n) is 17.7. The first-order valence-electron chi connectivity index (χ1n) is 10.1. The van der Waals surface area contributed by atoms with Crippen LogP contribution < -0.4 is 10.2 Å². The Labute approximate surface area is 201 Å². The van der Waals surface area contributed by atoms with Crippen LogP contribution in [0.2, 0.25) is 10.0 Å². The number of benzene rings is 3. The molecule has 0 saturated carbocycles. The van der Waals surface area contributed by atoms with E-state index in [4.69, 9.17) is 27.9 Å². The Bertz CT molecular complexity index is 1260. The van der Waals surface area contributed by atoms with E-state index < -0.39 is 5.91 Å². The summed E-state index contributed by atoms with van der Waals surface area (Å²) in [5.41, 5.74) is 7.02. The van der Waals surface area contributed by atoms with Crippen molar-refractivity contribution < 1.29 is 9.53 Å². The monoisotopic (exact) mass is 478 g/mol. The van der Waals surface area contributed by atoms with Gasteiger partial charge in [0.25, 0.3) is 5.91 Å². The number of halogens is 2. The van der Waals surface area contributed by atoms with Gasteiger partial charge in [-0.3, -0.25) is 9.89 Å². The average Bonchev–Trinajstić information content (AvgIpc) is 3.31. The van der Waals surface area contributed by atoms with Gasteiger partial charge in [0.1, 0.15) is 18.1 Å².